The molecule has 0 aromatic carbocycles. The second-order valence-electron chi connectivity index (χ2n) is 8.08. The van der Waals surface area contributed by atoms with Gasteiger partial charge in [0.25, 0.3) is 5.91 Å². The lowest BCUT2D eigenvalue weighted by Crippen LogP contribution is -2.46. The summed E-state index contributed by atoms with van der Waals surface area (Å²) in [5.41, 5.74) is 1.32. The zero-order chi connectivity index (χ0) is 20.1. The van der Waals surface area contributed by atoms with Gasteiger partial charge in [-0.15, -0.1) is 0 Å². The van der Waals surface area contributed by atoms with E-state index in [2.05, 4.69) is 15.6 Å². The second kappa shape index (κ2) is 9.37. The lowest BCUT2D eigenvalue weighted by Gasteiger charge is -2.19. The summed E-state index contributed by atoms with van der Waals surface area (Å²) in [6.45, 7) is 5.26. The average molecular weight is 389 g/mol. The van der Waals surface area contributed by atoms with E-state index < -0.39 is 6.04 Å². The van der Waals surface area contributed by atoms with Crippen LogP contribution in [0.1, 0.15) is 67.9 Å². The molecule has 1 saturated heterocycles. The molecule has 1 aromatic rings. The number of hydrogen-bond donors (Lipinski definition) is 2. The minimum absolute atomic E-state index is 0.0926. The number of ether oxygens (including phenoxy) is 2. The highest BCUT2D eigenvalue weighted by molar-refractivity contribution is 5.96. The summed E-state index contributed by atoms with van der Waals surface area (Å²) in [5, 5.41) is 5.42. The molecule has 1 aromatic heterocycles. The zero-order valence-electron chi connectivity index (χ0n) is 17.0. The summed E-state index contributed by atoms with van der Waals surface area (Å²) < 4.78 is 11.6. The van der Waals surface area contributed by atoms with E-state index in [4.69, 9.17) is 9.47 Å². The van der Waals surface area contributed by atoms with Crippen LogP contribution in [-0.2, 0) is 9.53 Å². The van der Waals surface area contributed by atoms with Gasteiger partial charge in [0.05, 0.1) is 6.10 Å². The fourth-order valence-corrected chi connectivity index (χ4v) is 3.46. The molecule has 1 aliphatic carbocycles. The molecule has 7 heteroatoms. The minimum Gasteiger partial charge on any atom is -0.475 e. The second-order valence-corrected chi connectivity index (χ2v) is 8.08. The van der Waals surface area contributed by atoms with Crippen LogP contribution in [0.2, 0.25) is 0 Å². The number of rotatable bonds is 9. The van der Waals surface area contributed by atoms with Crippen LogP contribution in [0.4, 0.5) is 0 Å². The van der Waals surface area contributed by atoms with Crippen molar-refractivity contribution in [3.63, 3.8) is 0 Å². The number of hydrogen-bond acceptors (Lipinski definition) is 5. The van der Waals surface area contributed by atoms with Crippen LogP contribution in [-0.4, -0.2) is 49.2 Å². The van der Waals surface area contributed by atoms with Crippen LogP contribution in [0.3, 0.4) is 0 Å². The third-order valence-electron chi connectivity index (χ3n) is 5.14. The van der Waals surface area contributed by atoms with Gasteiger partial charge in [0, 0.05) is 19.2 Å². The monoisotopic (exact) mass is 389 g/mol. The number of nitrogens with zero attached hydrogens (tertiary/aromatic N) is 1. The van der Waals surface area contributed by atoms with Gasteiger partial charge < -0.3 is 20.1 Å². The molecule has 1 saturated carbocycles. The Bertz CT molecular complexity index is 697. The predicted molar refractivity (Wildman–Crippen MR) is 105 cm³/mol. The largest absolute Gasteiger partial charge is 0.475 e. The van der Waals surface area contributed by atoms with E-state index >= 15 is 0 Å². The molecule has 3 rings (SSSR count). The average Bonchev–Trinajstić information content (AvgIpc) is 3.39. The molecule has 0 spiro atoms. The van der Waals surface area contributed by atoms with Crippen molar-refractivity contribution in [2.75, 3.05) is 20.3 Å². The molecule has 28 heavy (non-hydrogen) atoms. The first kappa shape index (κ1) is 20.6. The molecule has 1 aliphatic heterocycles. The van der Waals surface area contributed by atoms with Crippen molar-refractivity contribution in [3.05, 3.63) is 23.4 Å². The fourth-order valence-electron chi connectivity index (χ4n) is 3.46. The Morgan fingerprint density at radius 1 is 1.29 bits per heavy atom. The highest BCUT2D eigenvalue weighted by Gasteiger charge is 2.30. The molecule has 2 unspecified atom stereocenters. The Morgan fingerprint density at radius 2 is 2.07 bits per heavy atom. The van der Waals surface area contributed by atoms with Crippen LogP contribution < -0.4 is 15.4 Å². The molecular weight excluding hydrogens is 358 g/mol. The molecule has 2 N–H and O–H groups in total. The molecule has 2 heterocycles. The lowest BCUT2D eigenvalue weighted by molar-refractivity contribution is -0.122. The van der Waals surface area contributed by atoms with Crippen LogP contribution in [0.25, 0.3) is 0 Å². The van der Waals surface area contributed by atoms with Gasteiger partial charge in [-0.05, 0) is 50.0 Å². The van der Waals surface area contributed by atoms with Gasteiger partial charge in [-0.2, -0.15) is 0 Å². The van der Waals surface area contributed by atoms with Crippen molar-refractivity contribution >= 4 is 11.8 Å². The molecule has 154 valence electrons. The Kier molecular flexibility index (Phi) is 6.88. The van der Waals surface area contributed by atoms with E-state index in [0.29, 0.717) is 24.8 Å². The Balaban J connectivity index is 1.71. The first-order valence-corrected chi connectivity index (χ1v) is 10.3. The number of nitrogens with one attached hydrogen (secondary N) is 2. The molecule has 2 amide bonds. The van der Waals surface area contributed by atoms with Crippen molar-refractivity contribution in [3.8, 4) is 5.88 Å². The maximum absolute atomic E-state index is 12.7. The third kappa shape index (κ3) is 5.44. The standard InChI is InChI=1S/C21H31N3O4/c1-13(2)11-18(19(25)22-3)23-20(26)17-9-8-16(14-6-7-14)21(24-17)28-12-15-5-4-10-27-15/h8-9,13-15,18H,4-7,10-12H2,1-3H3,(H,22,25)(H,23,26). The van der Waals surface area contributed by atoms with E-state index in [1.807, 2.05) is 19.9 Å². The minimum atomic E-state index is -0.585. The van der Waals surface area contributed by atoms with Gasteiger partial charge >= 0.3 is 0 Å². The number of pyridine rings is 1. The smallest absolute Gasteiger partial charge is 0.270 e. The van der Waals surface area contributed by atoms with Gasteiger partial charge in [-0.3, -0.25) is 9.59 Å². The maximum Gasteiger partial charge on any atom is 0.270 e. The van der Waals surface area contributed by atoms with Gasteiger partial charge in [-0.25, -0.2) is 4.98 Å². The number of carbonyl (C=O) groups is 2. The van der Waals surface area contributed by atoms with Crippen molar-refractivity contribution < 1.29 is 19.1 Å². The maximum atomic E-state index is 12.7. The van der Waals surface area contributed by atoms with Crippen LogP contribution in [0.15, 0.2) is 12.1 Å². The van der Waals surface area contributed by atoms with Gasteiger partial charge in [-0.1, -0.05) is 19.9 Å². The Labute approximate surface area is 166 Å². The Morgan fingerprint density at radius 3 is 2.68 bits per heavy atom. The third-order valence-corrected chi connectivity index (χ3v) is 5.14. The van der Waals surface area contributed by atoms with Crippen molar-refractivity contribution in [1.82, 2.24) is 15.6 Å². The van der Waals surface area contributed by atoms with Crippen LogP contribution in [0.5, 0.6) is 5.88 Å². The zero-order valence-corrected chi connectivity index (χ0v) is 17.0. The predicted octanol–water partition coefficient (Wildman–Crippen LogP) is 2.41. The van der Waals surface area contributed by atoms with Gasteiger partial charge in [0.2, 0.25) is 11.8 Å². The van der Waals surface area contributed by atoms with Gasteiger partial charge in [0.15, 0.2) is 0 Å². The van der Waals surface area contributed by atoms with E-state index in [0.717, 1.165) is 37.9 Å². The highest BCUT2D eigenvalue weighted by Crippen LogP contribution is 2.43. The van der Waals surface area contributed by atoms with Crippen LogP contribution in [0, 0.1) is 5.92 Å². The van der Waals surface area contributed by atoms with Crippen LogP contribution >= 0.6 is 0 Å². The van der Waals surface area contributed by atoms with E-state index in [-0.39, 0.29) is 29.5 Å². The van der Waals surface area contributed by atoms with Crippen molar-refractivity contribution in [2.24, 2.45) is 5.92 Å². The van der Waals surface area contributed by atoms with Crippen molar-refractivity contribution in [2.45, 2.75) is 64.0 Å². The SMILES string of the molecule is CNC(=O)C(CC(C)C)NC(=O)c1ccc(C2CC2)c(OCC2CCCO2)n1. The summed E-state index contributed by atoms with van der Waals surface area (Å²) in [6, 6.07) is 3.07. The highest BCUT2D eigenvalue weighted by atomic mass is 16.5. The fraction of sp³-hybridized carbons (Fsp3) is 0.667. The number of amides is 2. The molecule has 2 aliphatic rings. The quantitative estimate of drug-likeness (QED) is 0.677. The summed E-state index contributed by atoms with van der Waals surface area (Å²) >= 11 is 0. The van der Waals surface area contributed by atoms with Gasteiger partial charge in [0.1, 0.15) is 18.3 Å². The molecule has 0 bridgehead atoms. The van der Waals surface area contributed by atoms with E-state index in [9.17, 15) is 9.59 Å². The number of carbonyl (C=O) groups excluding carboxylic acids is 2. The molecular formula is C21H31N3O4. The topological polar surface area (TPSA) is 89.6 Å². The molecule has 2 atom stereocenters. The molecule has 2 fully saturated rings. The summed E-state index contributed by atoms with van der Waals surface area (Å²) in [6.07, 6.45) is 4.94. The van der Waals surface area contributed by atoms with E-state index in [1.54, 1.807) is 13.1 Å². The normalized spacial score (nSPS) is 20.1. The number of aromatic nitrogens is 1. The lowest BCUT2D eigenvalue weighted by atomic mass is 10.0. The molecule has 7 nitrogen and oxygen atoms in total. The molecule has 0 radical (unpaired) electrons. The Hall–Kier alpha value is -2.15. The first-order chi connectivity index (χ1) is 13.5. The summed E-state index contributed by atoms with van der Waals surface area (Å²) in [4.78, 5) is 29.3. The first-order valence-electron chi connectivity index (χ1n) is 10.3. The number of likely N-dealkylation sites (N-methyl/N-ethyl adjacent to an activating group) is 1. The summed E-state index contributed by atoms with van der Waals surface area (Å²) in [5.74, 6) is 0.692. The summed E-state index contributed by atoms with van der Waals surface area (Å²) in [7, 11) is 1.57. The van der Waals surface area contributed by atoms with E-state index in [1.165, 1.54) is 0 Å². The van der Waals surface area contributed by atoms with Crippen molar-refractivity contribution in [1.29, 1.82) is 0 Å².